The molecule has 2 aromatic rings. The topological polar surface area (TPSA) is 146 Å². The molecule has 27 heavy (non-hydrogen) atoms. The molecule has 146 valence electrons. The van der Waals surface area contributed by atoms with Gasteiger partial charge in [0.2, 0.25) is 0 Å². The van der Waals surface area contributed by atoms with E-state index in [0.29, 0.717) is 23.0 Å². The lowest BCUT2D eigenvalue weighted by atomic mass is 10.2. The van der Waals surface area contributed by atoms with Crippen LogP contribution in [0.15, 0.2) is 61.4 Å². The maximum Gasteiger partial charge on any atom is 0.296 e. The van der Waals surface area contributed by atoms with E-state index >= 15 is 0 Å². The lowest BCUT2D eigenvalue weighted by Gasteiger charge is -2.05. The molecular weight excluding hydrogens is 394 g/mol. The molecule has 0 aromatic heterocycles. The Morgan fingerprint density at radius 2 is 1.41 bits per heavy atom. The zero-order valence-electron chi connectivity index (χ0n) is 14.9. The molecule has 0 amide bonds. The van der Waals surface area contributed by atoms with E-state index in [0.717, 1.165) is 12.1 Å². The van der Waals surface area contributed by atoms with Gasteiger partial charge in [-0.1, -0.05) is 13.8 Å². The van der Waals surface area contributed by atoms with Crippen LogP contribution in [0.2, 0.25) is 0 Å². The number of hydrogen-bond donors (Lipinski definition) is 2. The van der Waals surface area contributed by atoms with Crippen LogP contribution in [0.5, 0.6) is 0 Å². The molecule has 0 radical (unpaired) electrons. The lowest BCUT2D eigenvalue weighted by molar-refractivity contribution is 0.481. The number of aryl methyl sites for hydroxylation is 1. The predicted molar refractivity (Wildman–Crippen MR) is 102 cm³/mol. The van der Waals surface area contributed by atoms with Gasteiger partial charge in [-0.25, -0.2) is 0 Å². The summed E-state index contributed by atoms with van der Waals surface area (Å²) in [6, 6.07) is 7.44. The normalized spacial score (nSPS) is 11.7. The zero-order chi connectivity index (χ0) is 20.8. The fourth-order valence-electron chi connectivity index (χ4n) is 1.90. The monoisotopic (exact) mass is 413 g/mol. The first kappa shape index (κ1) is 22.6. The summed E-state index contributed by atoms with van der Waals surface area (Å²) in [6.45, 7) is 9.12. The van der Waals surface area contributed by atoms with Crippen molar-refractivity contribution in [2.24, 2.45) is 15.2 Å². The van der Waals surface area contributed by atoms with Gasteiger partial charge in [-0.15, -0.1) is 5.11 Å². The fourth-order valence-corrected chi connectivity index (χ4v) is 3.13. The van der Waals surface area contributed by atoms with Crippen molar-refractivity contribution >= 4 is 44.0 Å². The van der Waals surface area contributed by atoms with Gasteiger partial charge in [0.15, 0.2) is 0 Å². The minimum Gasteiger partial charge on any atom is -0.282 e. The summed E-state index contributed by atoms with van der Waals surface area (Å²) >= 11 is 0. The Kier molecular flexibility index (Phi) is 7.48. The minimum atomic E-state index is -4.79. The second kappa shape index (κ2) is 8.95. The summed E-state index contributed by atoms with van der Waals surface area (Å²) in [6.07, 6.45) is 0. The number of hydrogen-bond acceptors (Lipinski definition) is 7. The number of nitrogens with zero attached hydrogens (tertiary/aromatic N) is 3. The first-order valence-corrected chi connectivity index (χ1v) is 10.5. The quantitative estimate of drug-likeness (QED) is 0.425. The van der Waals surface area contributed by atoms with Crippen molar-refractivity contribution in [3.8, 4) is 0 Å². The SMILES string of the molecule is C=Nc1ccc(N=Nc2ccc(S(=O)(=O)O)cc2S(=O)(=O)O)c(C)c1.CC. The number of benzene rings is 2. The molecule has 0 spiro atoms. The highest BCUT2D eigenvalue weighted by atomic mass is 32.2. The van der Waals surface area contributed by atoms with Gasteiger partial charge in [0.1, 0.15) is 10.6 Å². The molecule has 2 rings (SSSR count). The maximum atomic E-state index is 11.5. The molecule has 0 saturated heterocycles. The van der Waals surface area contributed by atoms with Gasteiger partial charge in [0, 0.05) is 0 Å². The average molecular weight is 413 g/mol. The third kappa shape index (κ3) is 6.03. The van der Waals surface area contributed by atoms with Gasteiger partial charge < -0.3 is 0 Å². The molecule has 0 atom stereocenters. The Morgan fingerprint density at radius 1 is 0.852 bits per heavy atom. The Labute approximate surface area is 158 Å². The number of rotatable bonds is 5. The van der Waals surface area contributed by atoms with Crippen LogP contribution < -0.4 is 0 Å². The Morgan fingerprint density at radius 3 is 1.89 bits per heavy atom. The lowest BCUT2D eigenvalue weighted by Crippen LogP contribution is -2.03. The van der Waals surface area contributed by atoms with Crippen molar-refractivity contribution in [2.45, 2.75) is 30.6 Å². The Hall–Kier alpha value is -2.47. The van der Waals surface area contributed by atoms with Gasteiger partial charge in [-0.3, -0.25) is 14.1 Å². The van der Waals surface area contributed by atoms with Crippen molar-refractivity contribution in [1.82, 2.24) is 0 Å². The van der Waals surface area contributed by atoms with Crippen LogP contribution in [0.4, 0.5) is 17.1 Å². The molecule has 9 nitrogen and oxygen atoms in total. The molecule has 2 N–H and O–H groups in total. The standard InChI is InChI=1S/C14H13N3O6S2.C2H6/c1-9-7-10(15-2)3-5-12(9)16-17-13-6-4-11(24(18,19)20)8-14(13)25(21,22)23;1-2/h3-8H,2H2,1H3,(H,18,19,20)(H,21,22,23);1-2H3. The van der Waals surface area contributed by atoms with Crippen molar-refractivity contribution in [3.63, 3.8) is 0 Å². The molecule has 0 heterocycles. The molecule has 0 saturated carbocycles. The fraction of sp³-hybridized carbons (Fsp3) is 0.188. The first-order chi connectivity index (χ1) is 12.5. The van der Waals surface area contributed by atoms with E-state index in [9.17, 15) is 21.4 Å². The van der Waals surface area contributed by atoms with Crippen LogP contribution >= 0.6 is 0 Å². The molecule has 0 fully saturated rings. The van der Waals surface area contributed by atoms with E-state index < -0.39 is 30.0 Å². The highest BCUT2D eigenvalue weighted by molar-refractivity contribution is 7.86. The summed E-state index contributed by atoms with van der Waals surface area (Å²) in [7, 11) is -9.44. The van der Waals surface area contributed by atoms with Crippen LogP contribution in [0.1, 0.15) is 19.4 Å². The van der Waals surface area contributed by atoms with Crippen molar-refractivity contribution < 1.29 is 25.9 Å². The molecule has 0 aliphatic heterocycles. The smallest absolute Gasteiger partial charge is 0.282 e. The summed E-state index contributed by atoms with van der Waals surface area (Å²) < 4.78 is 63.4. The number of azo groups is 1. The van der Waals surface area contributed by atoms with E-state index in [-0.39, 0.29) is 5.69 Å². The van der Waals surface area contributed by atoms with Crippen LogP contribution in [0, 0.1) is 6.92 Å². The van der Waals surface area contributed by atoms with E-state index in [1.165, 1.54) is 0 Å². The first-order valence-electron chi connectivity index (χ1n) is 7.60. The molecule has 0 bridgehead atoms. The molecule has 0 aliphatic rings. The van der Waals surface area contributed by atoms with E-state index in [1.807, 2.05) is 13.8 Å². The van der Waals surface area contributed by atoms with Gasteiger partial charge in [-0.2, -0.15) is 21.9 Å². The largest absolute Gasteiger partial charge is 0.296 e. The second-order valence-electron chi connectivity index (χ2n) is 4.91. The summed E-state index contributed by atoms with van der Waals surface area (Å²) in [5.74, 6) is 0. The molecule has 0 unspecified atom stereocenters. The summed E-state index contributed by atoms with van der Waals surface area (Å²) in [4.78, 5) is 2.26. The van der Waals surface area contributed by atoms with Crippen LogP contribution in [0.25, 0.3) is 0 Å². The molecule has 0 aliphatic carbocycles. The second-order valence-corrected chi connectivity index (χ2v) is 7.72. The molecule has 11 heteroatoms. The summed E-state index contributed by atoms with van der Waals surface area (Å²) in [5, 5.41) is 7.64. The van der Waals surface area contributed by atoms with Crippen LogP contribution in [-0.4, -0.2) is 32.7 Å². The molecule has 2 aromatic carbocycles. The maximum absolute atomic E-state index is 11.5. The Bertz CT molecular complexity index is 1080. The van der Waals surface area contributed by atoms with Gasteiger partial charge >= 0.3 is 0 Å². The average Bonchev–Trinajstić information content (AvgIpc) is 2.60. The van der Waals surface area contributed by atoms with E-state index in [2.05, 4.69) is 21.9 Å². The predicted octanol–water partition coefficient (Wildman–Crippen LogP) is 4.26. The van der Waals surface area contributed by atoms with Gasteiger partial charge in [-0.05, 0) is 55.6 Å². The Balaban J connectivity index is 0.00000176. The van der Waals surface area contributed by atoms with Crippen LogP contribution in [-0.2, 0) is 20.2 Å². The van der Waals surface area contributed by atoms with Crippen LogP contribution in [0.3, 0.4) is 0 Å². The highest BCUT2D eigenvalue weighted by Gasteiger charge is 2.20. The third-order valence-electron chi connectivity index (χ3n) is 3.14. The van der Waals surface area contributed by atoms with Gasteiger partial charge in [0.05, 0.1) is 16.3 Å². The van der Waals surface area contributed by atoms with Gasteiger partial charge in [0.25, 0.3) is 20.2 Å². The number of aliphatic imine (C=N–C) groups is 1. The third-order valence-corrected chi connectivity index (χ3v) is 4.87. The van der Waals surface area contributed by atoms with Crippen molar-refractivity contribution in [2.75, 3.05) is 0 Å². The minimum absolute atomic E-state index is 0.291. The summed E-state index contributed by atoms with van der Waals surface area (Å²) in [5.41, 5.74) is 1.43. The van der Waals surface area contributed by atoms with Crippen molar-refractivity contribution in [3.05, 3.63) is 42.0 Å². The van der Waals surface area contributed by atoms with E-state index in [4.69, 9.17) is 4.55 Å². The van der Waals surface area contributed by atoms with Crippen molar-refractivity contribution in [1.29, 1.82) is 0 Å². The molecular formula is C16H19N3O6S2. The zero-order valence-corrected chi connectivity index (χ0v) is 16.5. The van der Waals surface area contributed by atoms with E-state index in [1.54, 1.807) is 25.1 Å². The highest BCUT2D eigenvalue weighted by Crippen LogP contribution is 2.30.